The van der Waals surface area contributed by atoms with Crippen molar-refractivity contribution in [3.05, 3.63) is 46.2 Å². The number of rotatable bonds is 5. The van der Waals surface area contributed by atoms with E-state index in [1.807, 2.05) is 19.1 Å². The Balaban J connectivity index is 1.27. The summed E-state index contributed by atoms with van der Waals surface area (Å²) in [6.45, 7) is 4.38. The average molecular weight is 372 g/mol. The maximum atomic E-state index is 12.3. The topological polar surface area (TPSA) is 84.4 Å². The molecule has 26 heavy (non-hydrogen) atoms. The van der Waals surface area contributed by atoms with Crippen LogP contribution in [0.5, 0.6) is 0 Å². The highest BCUT2D eigenvalue weighted by atomic mass is 32.1. The fraction of sp³-hybridized carbons (Fsp3) is 0.389. The zero-order chi connectivity index (χ0) is 17.9. The number of nitrogens with one attached hydrogen (secondary N) is 1. The van der Waals surface area contributed by atoms with Crippen molar-refractivity contribution in [3.8, 4) is 11.7 Å². The number of carbonyl (C=O) groups excluding carboxylic acids is 1. The van der Waals surface area contributed by atoms with Gasteiger partial charge in [0.25, 0.3) is 11.8 Å². The first-order chi connectivity index (χ1) is 12.7. The second kappa shape index (κ2) is 7.43. The molecule has 1 saturated heterocycles. The highest BCUT2D eigenvalue weighted by molar-refractivity contribution is 7.13. The predicted octanol–water partition coefficient (Wildman–Crippen LogP) is 3.09. The molecule has 0 spiro atoms. The van der Waals surface area contributed by atoms with Gasteiger partial charge in [0.1, 0.15) is 0 Å². The van der Waals surface area contributed by atoms with Gasteiger partial charge in [0.15, 0.2) is 5.76 Å². The summed E-state index contributed by atoms with van der Waals surface area (Å²) >= 11 is 1.53. The van der Waals surface area contributed by atoms with Gasteiger partial charge < -0.3 is 14.2 Å². The monoisotopic (exact) mass is 372 g/mol. The van der Waals surface area contributed by atoms with Gasteiger partial charge in [-0.1, -0.05) is 0 Å². The Morgan fingerprint density at radius 3 is 2.85 bits per heavy atom. The van der Waals surface area contributed by atoms with Crippen LogP contribution in [0.15, 0.2) is 39.4 Å². The minimum Gasteiger partial charge on any atom is -0.459 e. The Morgan fingerprint density at radius 2 is 2.15 bits per heavy atom. The summed E-state index contributed by atoms with van der Waals surface area (Å²) in [6, 6.07) is 7.65. The first-order valence-corrected chi connectivity index (χ1v) is 9.45. The van der Waals surface area contributed by atoms with Crippen LogP contribution in [-0.2, 0) is 6.54 Å². The molecule has 0 unspecified atom stereocenters. The van der Waals surface area contributed by atoms with E-state index in [1.165, 1.54) is 11.3 Å². The van der Waals surface area contributed by atoms with E-state index in [0.717, 1.165) is 35.7 Å². The molecular formula is C18H20N4O3S. The van der Waals surface area contributed by atoms with Crippen molar-refractivity contribution < 1.29 is 13.6 Å². The summed E-state index contributed by atoms with van der Waals surface area (Å²) in [5, 5.41) is 11.2. The molecule has 0 radical (unpaired) electrons. The summed E-state index contributed by atoms with van der Waals surface area (Å²) in [6.07, 6.45) is 3.40. The van der Waals surface area contributed by atoms with E-state index in [2.05, 4.69) is 20.4 Å². The summed E-state index contributed by atoms with van der Waals surface area (Å²) in [7, 11) is 0. The highest BCUT2D eigenvalue weighted by Gasteiger charge is 2.23. The summed E-state index contributed by atoms with van der Waals surface area (Å²) in [5.74, 6) is 1.59. The maximum Gasteiger partial charge on any atom is 0.283 e. The first kappa shape index (κ1) is 17.0. The van der Waals surface area contributed by atoms with Crippen LogP contribution in [0, 0.1) is 6.92 Å². The number of aryl methyl sites for hydroxylation is 1. The van der Waals surface area contributed by atoms with Gasteiger partial charge in [0.05, 0.1) is 17.7 Å². The molecule has 1 aliphatic heterocycles. The van der Waals surface area contributed by atoms with Crippen molar-refractivity contribution in [1.29, 1.82) is 0 Å². The molecule has 0 saturated carbocycles. The SMILES string of the molecule is Cc1ccc(C(=O)NC2CCN(Cc3nnc(-c4ccco4)o3)CC2)s1. The summed E-state index contributed by atoms with van der Waals surface area (Å²) in [4.78, 5) is 16.4. The molecule has 3 aromatic heterocycles. The van der Waals surface area contributed by atoms with Gasteiger partial charge in [-0.3, -0.25) is 9.69 Å². The smallest absolute Gasteiger partial charge is 0.283 e. The molecule has 1 amide bonds. The van der Waals surface area contributed by atoms with E-state index in [9.17, 15) is 4.79 Å². The number of carbonyl (C=O) groups is 1. The molecule has 4 rings (SSSR count). The largest absolute Gasteiger partial charge is 0.459 e. The lowest BCUT2D eigenvalue weighted by molar-refractivity contribution is 0.0909. The van der Waals surface area contributed by atoms with Gasteiger partial charge in [0.2, 0.25) is 5.89 Å². The zero-order valence-electron chi connectivity index (χ0n) is 14.5. The van der Waals surface area contributed by atoms with E-state index < -0.39 is 0 Å². The third kappa shape index (κ3) is 3.86. The zero-order valence-corrected chi connectivity index (χ0v) is 15.3. The number of nitrogens with zero attached hydrogens (tertiary/aromatic N) is 3. The van der Waals surface area contributed by atoms with E-state index in [-0.39, 0.29) is 11.9 Å². The van der Waals surface area contributed by atoms with Crippen LogP contribution >= 0.6 is 11.3 Å². The Bertz CT molecular complexity index is 863. The Hall–Kier alpha value is -2.45. The molecule has 1 fully saturated rings. The lowest BCUT2D eigenvalue weighted by atomic mass is 10.0. The van der Waals surface area contributed by atoms with Crippen LogP contribution in [0.1, 0.15) is 33.3 Å². The molecule has 0 atom stereocenters. The molecule has 0 aromatic carbocycles. The second-order valence-corrected chi connectivity index (χ2v) is 7.70. The number of furan rings is 1. The molecule has 8 heteroatoms. The van der Waals surface area contributed by atoms with Crippen molar-refractivity contribution in [2.24, 2.45) is 0 Å². The average Bonchev–Trinajstić information content (AvgIpc) is 3.37. The van der Waals surface area contributed by atoms with E-state index in [4.69, 9.17) is 8.83 Å². The van der Waals surface area contributed by atoms with Gasteiger partial charge in [-0.2, -0.15) is 0 Å². The number of aromatic nitrogens is 2. The van der Waals surface area contributed by atoms with Crippen molar-refractivity contribution in [2.75, 3.05) is 13.1 Å². The van der Waals surface area contributed by atoms with Gasteiger partial charge in [-0.05, 0) is 44.0 Å². The third-order valence-electron chi connectivity index (χ3n) is 4.44. The van der Waals surface area contributed by atoms with E-state index in [0.29, 0.717) is 24.1 Å². The van der Waals surface area contributed by atoms with Crippen LogP contribution < -0.4 is 5.32 Å². The number of amides is 1. The quantitative estimate of drug-likeness (QED) is 0.741. The molecule has 136 valence electrons. The lowest BCUT2D eigenvalue weighted by Crippen LogP contribution is -2.44. The number of thiophene rings is 1. The van der Waals surface area contributed by atoms with E-state index in [1.54, 1.807) is 18.4 Å². The highest BCUT2D eigenvalue weighted by Crippen LogP contribution is 2.20. The van der Waals surface area contributed by atoms with Gasteiger partial charge in [-0.15, -0.1) is 21.5 Å². The number of hydrogen-bond donors (Lipinski definition) is 1. The fourth-order valence-electron chi connectivity index (χ4n) is 3.06. The molecular weight excluding hydrogens is 352 g/mol. The second-order valence-electron chi connectivity index (χ2n) is 6.41. The molecule has 1 aliphatic rings. The third-order valence-corrected chi connectivity index (χ3v) is 5.44. The number of hydrogen-bond acceptors (Lipinski definition) is 7. The molecule has 0 bridgehead atoms. The van der Waals surface area contributed by atoms with Gasteiger partial charge in [-0.25, -0.2) is 0 Å². The first-order valence-electron chi connectivity index (χ1n) is 8.63. The van der Waals surface area contributed by atoms with E-state index >= 15 is 0 Å². The standard InChI is InChI=1S/C18H20N4O3S/c1-12-4-5-15(26-12)17(23)19-13-6-8-22(9-7-13)11-16-20-21-18(25-16)14-3-2-10-24-14/h2-5,10,13H,6-9,11H2,1H3,(H,19,23). The Labute approximate surface area is 155 Å². The van der Waals surface area contributed by atoms with Crippen LogP contribution in [0.25, 0.3) is 11.7 Å². The normalized spacial score (nSPS) is 16.0. The maximum absolute atomic E-state index is 12.3. The number of likely N-dealkylation sites (tertiary alicyclic amines) is 1. The van der Waals surface area contributed by atoms with Crippen molar-refractivity contribution in [3.63, 3.8) is 0 Å². The van der Waals surface area contributed by atoms with Crippen molar-refractivity contribution >= 4 is 17.2 Å². The molecule has 7 nitrogen and oxygen atoms in total. The molecule has 1 N–H and O–H groups in total. The van der Waals surface area contributed by atoms with Crippen LogP contribution in [0.3, 0.4) is 0 Å². The Kier molecular flexibility index (Phi) is 4.85. The predicted molar refractivity (Wildman–Crippen MR) is 96.8 cm³/mol. The molecule has 4 heterocycles. The van der Waals surface area contributed by atoms with Gasteiger partial charge >= 0.3 is 0 Å². The van der Waals surface area contributed by atoms with Crippen LogP contribution in [0.4, 0.5) is 0 Å². The number of piperidine rings is 1. The Morgan fingerprint density at radius 1 is 1.31 bits per heavy atom. The lowest BCUT2D eigenvalue weighted by Gasteiger charge is -2.31. The summed E-state index contributed by atoms with van der Waals surface area (Å²) in [5.41, 5.74) is 0. The van der Waals surface area contributed by atoms with Crippen molar-refractivity contribution in [2.45, 2.75) is 32.4 Å². The van der Waals surface area contributed by atoms with Crippen LogP contribution in [0.2, 0.25) is 0 Å². The van der Waals surface area contributed by atoms with Gasteiger partial charge in [0, 0.05) is 24.0 Å². The molecule has 0 aliphatic carbocycles. The molecule has 3 aromatic rings. The fourth-order valence-corrected chi connectivity index (χ4v) is 3.83. The minimum atomic E-state index is 0.0292. The summed E-state index contributed by atoms with van der Waals surface area (Å²) < 4.78 is 10.9. The van der Waals surface area contributed by atoms with Crippen LogP contribution in [-0.4, -0.2) is 40.1 Å². The minimum absolute atomic E-state index is 0.0292. The van der Waals surface area contributed by atoms with Crippen molar-refractivity contribution in [1.82, 2.24) is 20.4 Å².